The quantitative estimate of drug-likeness (QED) is 0.712. The SMILES string of the molecule is CCC(=O)N1[C@H](CO)[C@H](c2ccccc2)[C@@H]1CNC(=O)CN1CCOCC1. The van der Waals surface area contributed by atoms with E-state index in [2.05, 4.69) is 10.2 Å². The summed E-state index contributed by atoms with van der Waals surface area (Å²) in [6.45, 7) is 5.31. The predicted octanol–water partition coefficient (Wildman–Crippen LogP) is 0.200. The molecular formula is C20H29N3O4. The highest BCUT2D eigenvalue weighted by molar-refractivity contribution is 5.80. The van der Waals surface area contributed by atoms with E-state index in [-0.39, 0.29) is 36.4 Å². The molecule has 3 rings (SSSR count). The second kappa shape index (κ2) is 9.30. The van der Waals surface area contributed by atoms with Gasteiger partial charge in [0.2, 0.25) is 11.8 Å². The fourth-order valence-electron chi connectivity index (χ4n) is 4.08. The van der Waals surface area contributed by atoms with E-state index in [1.807, 2.05) is 37.3 Å². The van der Waals surface area contributed by atoms with Gasteiger partial charge in [0, 0.05) is 32.0 Å². The summed E-state index contributed by atoms with van der Waals surface area (Å²) in [4.78, 5) is 28.6. The van der Waals surface area contributed by atoms with Gasteiger partial charge < -0.3 is 20.1 Å². The number of ether oxygens (including phenoxy) is 1. The van der Waals surface area contributed by atoms with Gasteiger partial charge in [0.1, 0.15) is 0 Å². The van der Waals surface area contributed by atoms with Crippen LogP contribution in [0.5, 0.6) is 0 Å². The molecule has 0 saturated carbocycles. The first kappa shape index (κ1) is 19.8. The summed E-state index contributed by atoms with van der Waals surface area (Å²) in [5.41, 5.74) is 1.09. The number of nitrogens with one attached hydrogen (secondary N) is 1. The van der Waals surface area contributed by atoms with Crippen LogP contribution in [-0.4, -0.2) is 84.8 Å². The smallest absolute Gasteiger partial charge is 0.234 e. The van der Waals surface area contributed by atoms with Crippen molar-refractivity contribution in [1.29, 1.82) is 0 Å². The van der Waals surface area contributed by atoms with Crippen molar-refractivity contribution in [1.82, 2.24) is 15.1 Å². The molecule has 0 aliphatic carbocycles. The molecule has 2 heterocycles. The average Bonchev–Trinajstić information content (AvgIpc) is 2.68. The lowest BCUT2D eigenvalue weighted by molar-refractivity contribution is -0.150. The zero-order valence-electron chi connectivity index (χ0n) is 15.8. The number of benzene rings is 1. The summed E-state index contributed by atoms with van der Waals surface area (Å²) in [6, 6.07) is 9.54. The van der Waals surface area contributed by atoms with Gasteiger partial charge in [-0.1, -0.05) is 37.3 Å². The fraction of sp³-hybridized carbons (Fsp3) is 0.600. The van der Waals surface area contributed by atoms with Crippen LogP contribution in [0, 0.1) is 0 Å². The molecular weight excluding hydrogens is 346 g/mol. The van der Waals surface area contributed by atoms with E-state index in [9.17, 15) is 14.7 Å². The van der Waals surface area contributed by atoms with Crippen molar-refractivity contribution in [3.8, 4) is 0 Å². The number of aliphatic hydroxyl groups is 1. The number of carbonyl (C=O) groups is 2. The number of carbonyl (C=O) groups excluding carboxylic acids is 2. The molecule has 148 valence electrons. The van der Waals surface area contributed by atoms with Crippen molar-refractivity contribution in [3.63, 3.8) is 0 Å². The lowest BCUT2D eigenvalue weighted by Gasteiger charge is -2.55. The van der Waals surface area contributed by atoms with Crippen molar-refractivity contribution in [3.05, 3.63) is 35.9 Å². The van der Waals surface area contributed by atoms with Gasteiger partial charge >= 0.3 is 0 Å². The Hall–Kier alpha value is -1.96. The number of amides is 2. The highest BCUT2D eigenvalue weighted by Crippen LogP contribution is 2.40. The minimum Gasteiger partial charge on any atom is -0.394 e. The molecule has 2 N–H and O–H groups in total. The first-order valence-electron chi connectivity index (χ1n) is 9.69. The maximum atomic E-state index is 12.4. The van der Waals surface area contributed by atoms with E-state index in [1.54, 1.807) is 4.90 Å². The van der Waals surface area contributed by atoms with E-state index >= 15 is 0 Å². The highest BCUT2D eigenvalue weighted by atomic mass is 16.5. The predicted molar refractivity (Wildman–Crippen MR) is 101 cm³/mol. The summed E-state index contributed by atoms with van der Waals surface area (Å²) in [5.74, 6) is -0.0101. The van der Waals surface area contributed by atoms with E-state index in [0.29, 0.717) is 32.7 Å². The number of aliphatic hydroxyl groups excluding tert-OH is 1. The molecule has 0 aromatic heterocycles. The van der Waals surface area contributed by atoms with Gasteiger partial charge in [0.05, 0.1) is 38.4 Å². The molecule has 27 heavy (non-hydrogen) atoms. The lowest BCUT2D eigenvalue weighted by Crippen LogP contribution is -2.68. The Morgan fingerprint density at radius 2 is 1.89 bits per heavy atom. The molecule has 0 unspecified atom stereocenters. The first-order valence-corrected chi connectivity index (χ1v) is 9.69. The van der Waals surface area contributed by atoms with Crippen LogP contribution in [0.15, 0.2) is 30.3 Å². The van der Waals surface area contributed by atoms with Gasteiger partial charge in [-0.15, -0.1) is 0 Å². The minimum atomic E-state index is -0.235. The lowest BCUT2D eigenvalue weighted by atomic mass is 9.75. The Morgan fingerprint density at radius 1 is 1.19 bits per heavy atom. The average molecular weight is 375 g/mol. The van der Waals surface area contributed by atoms with Crippen molar-refractivity contribution in [2.75, 3.05) is 46.0 Å². The Labute approximate surface area is 160 Å². The number of rotatable bonds is 7. The van der Waals surface area contributed by atoms with E-state index in [1.165, 1.54) is 0 Å². The van der Waals surface area contributed by atoms with Crippen LogP contribution in [-0.2, 0) is 14.3 Å². The van der Waals surface area contributed by atoms with Gasteiger partial charge in [0.25, 0.3) is 0 Å². The van der Waals surface area contributed by atoms with E-state index in [4.69, 9.17) is 4.74 Å². The molecule has 7 nitrogen and oxygen atoms in total. The van der Waals surface area contributed by atoms with Crippen LogP contribution in [0.4, 0.5) is 0 Å². The molecule has 3 atom stereocenters. The molecule has 7 heteroatoms. The van der Waals surface area contributed by atoms with Crippen LogP contribution >= 0.6 is 0 Å². The molecule has 2 saturated heterocycles. The van der Waals surface area contributed by atoms with Crippen molar-refractivity contribution < 1.29 is 19.4 Å². The number of morpholine rings is 1. The second-order valence-electron chi connectivity index (χ2n) is 7.10. The summed E-state index contributed by atoms with van der Waals surface area (Å²) < 4.78 is 5.30. The van der Waals surface area contributed by atoms with Gasteiger partial charge in [0.15, 0.2) is 0 Å². The molecule has 0 radical (unpaired) electrons. The molecule has 1 aromatic carbocycles. The van der Waals surface area contributed by atoms with Gasteiger partial charge in [-0.3, -0.25) is 14.5 Å². The summed E-state index contributed by atoms with van der Waals surface area (Å²) in [6.07, 6.45) is 0.385. The number of hydrogen-bond donors (Lipinski definition) is 2. The Bertz CT molecular complexity index is 633. The molecule has 1 aromatic rings. The molecule has 2 fully saturated rings. The summed E-state index contributed by atoms with van der Waals surface area (Å²) >= 11 is 0. The number of nitrogens with zero attached hydrogens (tertiary/aromatic N) is 2. The summed E-state index contributed by atoms with van der Waals surface area (Å²) in [7, 11) is 0. The van der Waals surface area contributed by atoms with Crippen LogP contribution in [0.1, 0.15) is 24.8 Å². The van der Waals surface area contributed by atoms with Gasteiger partial charge in [-0.2, -0.15) is 0 Å². The van der Waals surface area contributed by atoms with Crippen molar-refractivity contribution in [2.45, 2.75) is 31.3 Å². The molecule has 2 amide bonds. The van der Waals surface area contributed by atoms with Crippen molar-refractivity contribution >= 4 is 11.8 Å². The summed E-state index contributed by atoms with van der Waals surface area (Å²) in [5, 5.41) is 12.8. The molecule has 0 bridgehead atoms. The van der Waals surface area contributed by atoms with E-state index in [0.717, 1.165) is 18.7 Å². The third kappa shape index (κ3) is 4.48. The Kier molecular flexibility index (Phi) is 6.82. The first-order chi connectivity index (χ1) is 13.2. The fourth-order valence-corrected chi connectivity index (χ4v) is 4.08. The van der Waals surface area contributed by atoms with Crippen molar-refractivity contribution in [2.24, 2.45) is 0 Å². The van der Waals surface area contributed by atoms with Gasteiger partial charge in [-0.25, -0.2) is 0 Å². The largest absolute Gasteiger partial charge is 0.394 e. The maximum absolute atomic E-state index is 12.4. The Morgan fingerprint density at radius 3 is 2.52 bits per heavy atom. The topological polar surface area (TPSA) is 82.1 Å². The van der Waals surface area contributed by atoms with Crippen LogP contribution in [0.2, 0.25) is 0 Å². The second-order valence-corrected chi connectivity index (χ2v) is 7.10. The molecule has 0 spiro atoms. The normalized spacial score (nSPS) is 25.7. The van der Waals surface area contributed by atoms with Gasteiger partial charge in [-0.05, 0) is 5.56 Å². The molecule has 2 aliphatic rings. The zero-order valence-corrected chi connectivity index (χ0v) is 15.8. The van der Waals surface area contributed by atoms with Crippen LogP contribution in [0.25, 0.3) is 0 Å². The zero-order chi connectivity index (χ0) is 19.2. The highest BCUT2D eigenvalue weighted by Gasteiger charge is 2.50. The standard InChI is InChI=1S/C20H29N3O4/c1-2-19(26)23-16(12-21-18(25)13-22-8-10-27-11-9-22)20(17(23)14-24)15-6-4-3-5-7-15/h3-7,16-17,20,24H,2,8-14H2,1H3,(H,21,25)/t16-,17+,20+/m0/s1. The number of likely N-dealkylation sites (tertiary alicyclic amines) is 1. The minimum absolute atomic E-state index is 0.00802. The molecule has 2 aliphatic heterocycles. The third-order valence-corrected chi connectivity index (χ3v) is 5.48. The monoisotopic (exact) mass is 375 g/mol. The van der Waals surface area contributed by atoms with E-state index < -0.39 is 0 Å². The third-order valence-electron chi connectivity index (χ3n) is 5.48. The van der Waals surface area contributed by atoms with Crippen LogP contribution < -0.4 is 5.32 Å². The maximum Gasteiger partial charge on any atom is 0.234 e. The number of hydrogen-bond acceptors (Lipinski definition) is 5. The Balaban J connectivity index is 1.65. The van der Waals surface area contributed by atoms with Crippen LogP contribution in [0.3, 0.4) is 0 Å².